The number of aryl methyl sites for hydroxylation is 2. The molecule has 0 aliphatic carbocycles. The highest BCUT2D eigenvalue weighted by Crippen LogP contribution is 2.22. The molecule has 0 N–H and O–H groups in total. The van der Waals surface area contributed by atoms with Gasteiger partial charge in [0, 0.05) is 23.1 Å². The lowest BCUT2D eigenvalue weighted by atomic mass is 10.0. The lowest BCUT2D eigenvalue weighted by Gasteiger charge is -2.07. The van der Waals surface area contributed by atoms with Crippen LogP contribution in [0.2, 0.25) is 0 Å². The molecule has 0 aliphatic heterocycles. The highest BCUT2D eigenvalue weighted by atomic mass is 19.1. The summed E-state index contributed by atoms with van der Waals surface area (Å²) >= 11 is 0. The molecule has 0 saturated carbocycles. The molecule has 0 aliphatic rings. The predicted octanol–water partition coefficient (Wildman–Crippen LogP) is 4.49. The van der Waals surface area contributed by atoms with E-state index in [4.69, 9.17) is 0 Å². The topological polar surface area (TPSA) is 25.8 Å². The zero-order chi connectivity index (χ0) is 15.5. The molecule has 0 amide bonds. The van der Waals surface area contributed by atoms with Crippen LogP contribution in [0.25, 0.3) is 11.3 Å². The lowest BCUT2D eigenvalue weighted by molar-refractivity contribution is 0.630. The Balaban J connectivity index is 1.93. The van der Waals surface area contributed by atoms with Crippen LogP contribution in [0.4, 0.5) is 4.39 Å². The quantitative estimate of drug-likeness (QED) is 0.710. The van der Waals surface area contributed by atoms with Gasteiger partial charge < -0.3 is 0 Å². The lowest BCUT2D eigenvalue weighted by Crippen LogP contribution is -1.95. The van der Waals surface area contributed by atoms with E-state index >= 15 is 0 Å². The Hall–Kier alpha value is -2.55. The van der Waals surface area contributed by atoms with Crippen molar-refractivity contribution >= 4 is 0 Å². The normalized spacial score (nSPS) is 10.7. The highest BCUT2D eigenvalue weighted by molar-refractivity contribution is 5.60. The van der Waals surface area contributed by atoms with Crippen LogP contribution in [0, 0.1) is 19.7 Å². The van der Waals surface area contributed by atoms with Gasteiger partial charge in [-0.25, -0.2) is 4.39 Å². The first kappa shape index (κ1) is 14.4. The van der Waals surface area contributed by atoms with Gasteiger partial charge in [0.15, 0.2) is 0 Å². The smallest absolute Gasteiger partial charge is 0.132 e. The van der Waals surface area contributed by atoms with E-state index in [0.29, 0.717) is 11.3 Å². The maximum atomic E-state index is 13.9. The zero-order valence-electron chi connectivity index (χ0n) is 12.7. The van der Waals surface area contributed by atoms with Crippen molar-refractivity contribution in [3.63, 3.8) is 0 Å². The second-order valence-electron chi connectivity index (χ2n) is 5.46. The standard InChI is InChI=1S/C19H17FN2/c1-13-9-16(10-14(2)22-13)11-15-7-8-21-19(12-15)17-5-3-4-6-18(17)20/h3-10,12H,11H2,1-2H3. The number of nitrogens with zero attached hydrogens (tertiary/aromatic N) is 2. The van der Waals surface area contributed by atoms with Gasteiger partial charge in [-0.15, -0.1) is 0 Å². The average Bonchev–Trinajstić information content (AvgIpc) is 2.47. The maximum Gasteiger partial charge on any atom is 0.132 e. The minimum absolute atomic E-state index is 0.247. The molecule has 110 valence electrons. The second-order valence-corrected chi connectivity index (χ2v) is 5.46. The van der Waals surface area contributed by atoms with Crippen LogP contribution in [0.15, 0.2) is 54.7 Å². The molecule has 2 aromatic heterocycles. The van der Waals surface area contributed by atoms with E-state index in [9.17, 15) is 4.39 Å². The molecule has 0 bridgehead atoms. The first-order valence-corrected chi connectivity index (χ1v) is 7.26. The molecule has 0 saturated heterocycles. The van der Waals surface area contributed by atoms with Gasteiger partial charge in [-0.2, -0.15) is 0 Å². The van der Waals surface area contributed by atoms with E-state index in [-0.39, 0.29) is 5.82 Å². The van der Waals surface area contributed by atoms with Crippen LogP contribution in [-0.4, -0.2) is 9.97 Å². The van der Waals surface area contributed by atoms with Crippen molar-refractivity contribution in [1.29, 1.82) is 0 Å². The Kier molecular flexibility index (Phi) is 3.96. The SMILES string of the molecule is Cc1cc(Cc2ccnc(-c3ccccc3F)c2)cc(C)n1. The van der Waals surface area contributed by atoms with Gasteiger partial charge >= 0.3 is 0 Å². The number of rotatable bonds is 3. The molecule has 0 atom stereocenters. The van der Waals surface area contributed by atoms with Crippen LogP contribution in [0.5, 0.6) is 0 Å². The molecule has 1 aromatic carbocycles. The van der Waals surface area contributed by atoms with E-state index < -0.39 is 0 Å². The van der Waals surface area contributed by atoms with Crippen molar-refractivity contribution in [3.8, 4) is 11.3 Å². The van der Waals surface area contributed by atoms with Gasteiger partial charge in [-0.05, 0) is 67.8 Å². The van der Waals surface area contributed by atoms with E-state index in [1.54, 1.807) is 18.3 Å². The number of hydrogen-bond acceptors (Lipinski definition) is 2. The fourth-order valence-electron chi connectivity index (χ4n) is 2.66. The van der Waals surface area contributed by atoms with Gasteiger partial charge in [0.05, 0.1) is 5.69 Å². The van der Waals surface area contributed by atoms with Gasteiger partial charge in [-0.1, -0.05) is 12.1 Å². The van der Waals surface area contributed by atoms with Gasteiger partial charge in [-0.3, -0.25) is 9.97 Å². The van der Waals surface area contributed by atoms with Crippen LogP contribution in [0.3, 0.4) is 0 Å². The van der Waals surface area contributed by atoms with Gasteiger partial charge in [0.2, 0.25) is 0 Å². The van der Waals surface area contributed by atoms with E-state index in [2.05, 4.69) is 22.1 Å². The number of halogens is 1. The summed E-state index contributed by atoms with van der Waals surface area (Å²) in [7, 11) is 0. The monoisotopic (exact) mass is 292 g/mol. The summed E-state index contributed by atoms with van der Waals surface area (Å²) in [6.45, 7) is 3.99. The number of pyridine rings is 2. The summed E-state index contributed by atoms with van der Waals surface area (Å²) in [6, 6.07) is 14.8. The fourth-order valence-corrected chi connectivity index (χ4v) is 2.66. The Morgan fingerprint density at radius 1 is 0.909 bits per heavy atom. The Bertz CT molecular complexity index is 792. The second kappa shape index (κ2) is 6.06. The van der Waals surface area contributed by atoms with E-state index in [1.165, 1.54) is 11.6 Å². The van der Waals surface area contributed by atoms with Crippen molar-refractivity contribution in [1.82, 2.24) is 9.97 Å². The summed E-state index contributed by atoms with van der Waals surface area (Å²) in [5.41, 5.74) is 5.54. The molecule has 2 nitrogen and oxygen atoms in total. The van der Waals surface area contributed by atoms with Gasteiger partial charge in [0.1, 0.15) is 5.82 Å². The molecule has 3 heteroatoms. The maximum absolute atomic E-state index is 13.9. The summed E-state index contributed by atoms with van der Waals surface area (Å²) in [5.74, 6) is -0.247. The van der Waals surface area contributed by atoms with Crippen molar-refractivity contribution in [2.24, 2.45) is 0 Å². The van der Waals surface area contributed by atoms with E-state index in [1.807, 2.05) is 32.0 Å². The third-order valence-corrected chi connectivity index (χ3v) is 3.52. The molecule has 0 unspecified atom stereocenters. The zero-order valence-corrected chi connectivity index (χ0v) is 12.7. The number of benzene rings is 1. The molecular formula is C19H17FN2. The molecule has 0 radical (unpaired) electrons. The predicted molar refractivity (Wildman–Crippen MR) is 86.1 cm³/mol. The number of aromatic nitrogens is 2. The fraction of sp³-hybridized carbons (Fsp3) is 0.158. The number of hydrogen-bond donors (Lipinski definition) is 0. The van der Waals surface area contributed by atoms with Crippen LogP contribution in [-0.2, 0) is 6.42 Å². The van der Waals surface area contributed by atoms with Crippen molar-refractivity contribution < 1.29 is 4.39 Å². The Morgan fingerprint density at radius 2 is 1.64 bits per heavy atom. The van der Waals surface area contributed by atoms with Crippen LogP contribution < -0.4 is 0 Å². The minimum Gasteiger partial charge on any atom is -0.258 e. The Morgan fingerprint density at radius 3 is 2.36 bits per heavy atom. The molecule has 22 heavy (non-hydrogen) atoms. The van der Waals surface area contributed by atoms with Crippen LogP contribution >= 0.6 is 0 Å². The largest absolute Gasteiger partial charge is 0.258 e. The van der Waals surface area contributed by atoms with Crippen molar-refractivity contribution in [3.05, 3.63) is 83.1 Å². The molecule has 0 fully saturated rings. The first-order chi connectivity index (χ1) is 10.6. The summed E-state index contributed by atoms with van der Waals surface area (Å²) in [4.78, 5) is 8.69. The minimum atomic E-state index is -0.247. The molecule has 3 aromatic rings. The third kappa shape index (κ3) is 3.19. The van der Waals surface area contributed by atoms with Crippen molar-refractivity contribution in [2.45, 2.75) is 20.3 Å². The highest BCUT2D eigenvalue weighted by Gasteiger charge is 2.07. The molecule has 3 rings (SSSR count). The van der Waals surface area contributed by atoms with Crippen molar-refractivity contribution in [2.75, 3.05) is 0 Å². The average molecular weight is 292 g/mol. The summed E-state index contributed by atoms with van der Waals surface area (Å²) < 4.78 is 13.9. The van der Waals surface area contributed by atoms with Crippen LogP contribution in [0.1, 0.15) is 22.5 Å². The van der Waals surface area contributed by atoms with E-state index in [0.717, 1.165) is 23.4 Å². The molecular weight excluding hydrogens is 275 g/mol. The van der Waals surface area contributed by atoms with Gasteiger partial charge in [0.25, 0.3) is 0 Å². The summed E-state index contributed by atoms with van der Waals surface area (Å²) in [6.07, 6.45) is 2.52. The third-order valence-electron chi connectivity index (χ3n) is 3.52. The first-order valence-electron chi connectivity index (χ1n) is 7.26. The molecule has 0 spiro atoms. The molecule has 2 heterocycles. The summed E-state index contributed by atoms with van der Waals surface area (Å²) in [5, 5.41) is 0. The Labute approximate surface area is 129 Å².